The summed E-state index contributed by atoms with van der Waals surface area (Å²) < 4.78 is 0. The Balaban J connectivity index is 4.14. The largest absolute Gasteiger partial charge is 0.355 e. The van der Waals surface area contributed by atoms with E-state index in [0.717, 1.165) is 0 Å². The molecule has 0 unspecified atom stereocenters. The van der Waals surface area contributed by atoms with Crippen LogP contribution >= 0.6 is 0 Å². The van der Waals surface area contributed by atoms with Crippen LogP contribution in [0, 0.1) is 0 Å². The van der Waals surface area contributed by atoms with Crippen LogP contribution in [0.25, 0.3) is 0 Å². The van der Waals surface area contributed by atoms with Gasteiger partial charge in [0.05, 0.1) is 0 Å². The van der Waals surface area contributed by atoms with Gasteiger partial charge in [0.25, 0.3) is 5.91 Å². The first kappa shape index (κ1) is 7.95. The standard InChI is InChI=1S/C7H11NO/c1-4-6(5-2)7(9)8-3/h4-5H,1H2,2-3H3,(H,8,9)/b6-5+. The fourth-order valence-electron chi connectivity index (χ4n) is 0.486. The van der Waals surface area contributed by atoms with Crippen LogP contribution in [-0.4, -0.2) is 13.0 Å². The van der Waals surface area contributed by atoms with E-state index in [0.29, 0.717) is 5.57 Å². The van der Waals surface area contributed by atoms with Crippen LogP contribution in [0.15, 0.2) is 24.3 Å². The Hall–Kier alpha value is -1.05. The third-order valence-electron chi connectivity index (χ3n) is 1.02. The highest BCUT2D eigenvalue weighted by Crippen LogP contribution is 1.92. The minimum atomic E-state index is -0.0903. The van der Waals surface area contributed by atoms with Gasteiger partial charge in [-0.3, -0.25) is 4.79 Å². The Morgan fingerprint density at radius 2 is 2.22 bits per heavy atom. The summed E-state index contributed by atoms with van der Waals surface area (Å²) in [4.78, 5) is 10.7. The maximum Gasteiger partial charge on any atom is 0.250 e. The molecule has 50 valence electrons. The molecule has 0 radical (unpaired) electrons. The molecule has 0 aliphatic heterocycles. The van der Waals surface area contributed by atoms with Gasteiger partial charge < -0.3 is 5.32 Å². The van der Waals surface area contributed by atoms with Gasteiger partial charge in [-0.15, -0.1) is 0 Å². The number of amides is 1. The predicted octanol–water partition coefficient (Wildman–Crippen LogP) is 0.865. The van der Waals surface area contributed by atoms with Gasteiger partial charge in [-0.25, -0.2) is 0 Å². The lowest BCUT2D eigenvalue weighted by molar-refractivity contribution is -0.116. The molecule has 0 aliphatic carbocycles. The average molecular weight is 125 g/mol. The zero-order valence-electron chi connectivity index (χ0n) is 5.77. The number of rotatable bonds is 2. The van der Waals surface area contributed by atoms with E-state index in [1.165, 1.54) is 6.08 Å². The zero-order chi connectivity index (χ0) is 7.28. The summed E-state index contributed by atoms with van der Waals surface area (Å²) in [6.07, 6.45) is 3.24. The Kier molecular flexibility index (Phi) is 3.44. The quantitative estimate of drug-likeness (QED) is 0.430. The second kappa shape index (κ2) is 3.89. The van der Waals surface area contributed by atoms with E-state index >= 15 is 0 Å². The van der Waals surface area contributed by atoms with E-state index in [2.05, 4.69) is 11.9 Å². The molecule has 9 heavy (non-hydrogen) atoms. The monoisotopic (exact) mass is 125 g/mol. The number of hydrogen-bond donors (Lipinski definition) is 1. The lowest BCUT2D eigenvalue weighted by Crippen LogP contribution is -2.18. The molecule has 0 aromatic rings. The van der Waals surface area contributed by atoms with Crippen molar-refractivity contribution in [1.29, 1.82) is 0 Å². The summed E-state index contributed by atoms with van der Waals surface area (Å²) in [6.45, 7) is 5.27. The molecule has 0 bridgehead atoms. The van der Waals surface area contributed by atoms with Crippen LogP contribution in [0.2, 0.25) is 0 Å². The number of carbonyl (C=O) groups excluding carboxylic acids is 1. The van der Waals surface area contributed by atoms with Gasteiger partial charge in [0.2, 0.25) is 0 Å². The first-order valence-electron chi connectivity index (χ1n) is 2.77. The fourth-order valence-corrected chi connectivity index (χ4v) is 0.486. The van der Waals surface area contributed by atoms with Crippen LogP contribution in [0.4, 0.5) is 0 Å². The van der Waals surface area contributed by atoms with E-state index in [-0.39, 0.29) is 5.91 Å². The van der Waals surface area contributed by atoms with Gasteiger partial charge in [0.1, 0.15) is 0 Å². The molecule has 2 heteroatoms. The molecule has 0 aliphatic rings. The molecule has 1 amide bonds. The molecular formula is C7H11NO. The van der Waals surface area contributed by atoms with Crippen molar-refractivity contribution in [3.8, 4) is 0 Å². The van der Waals surface area contributed by atoms with Crippen molar-refractivity contribution in [2.75, 3.05) is 7.05 Å². The number of allylic oxidation sites excluding steroid dienone is 1. The van der Waals surface area contributed by atoms with E-state index in [9.17, 15) is 4.79 Å². The highest BCUT2D eigenvalue weighted by Gasteiger charge is 1.98. The first-order chi connectivity index (χ1) is 4.26. The Labute approximate surface area is 55.3 Å². The van der Waals surface area contributed by atoms with Crippen LogP contribution in [0.5, 0.6) is 0 Å². The SMILES string of the molecule is C=C/C(=C\C)C(=O)NC. The number of likely N-dealkylation sites (N-methyl/N-ethyl adjacent to an activating group) is 1. The van der Waals surface area contributed by atoms with Gasteiger partial charge in [-0.2, -0.15) is 0 Å². The second-order valence-electron chi connectivity index (χ2n) is 1.53. The molecule has 0 rings (SSSR count). The van der Waals surface area contributed by atoms with Crippen LogP contribution in [0.3, 0.4) is 0 Å². The normalized spacial score (nSPS) is 10.7. The van der Waals surface area contributed by atoms with E-state index in [1.807, 2.05) is 0 Å². The minimum absolute atomic E-state index is 0.0903. The molecule has 0 heterocycles. The Morgan fingerprint density at radius 1 is 1.67 bits per heavy atom. The van der Waals surface area contributed by atoms with Gasteiger partial charge in [-0.1, -0.05) is 18.7 Å². The summed E-state index contributed by atoms with van der Waals surface area (Å²) in [5.41, 5.74) is 0.609. The molecule has 0 aromatic heterocycles. The average Bonchev–Trinajstić information content (AvgIpc) is 1.90. The van der Waals surface area contributed by atoms with Gasteiger partial charge in [0.15, 0.2) is 0 Å². The van der Waals surface area contributed by atoms with Crippen molar-refractivity contribution >= 4 is 5.91 Å². The molecule has 0 aromatic carbocycles. The molecule has 0 atom stereocenters. The van der Waals surface area contributed by atoms with Crippen LogP contribution in [-0.2, 0) is 4.79 Å². The summed E-state index contributed by atoms with van der Waals surface area (Å²) in [5, 5.41) is 2.49. The zero-order valence-corrected chi connectivity index (χ0v) is 5.77. The number of hydrogen-bond acceptors (Lipinski definition) is 1. The summed E-state index contributed by atoms with van der Waals surface area (Å²) in [5.74, 6) is -0.0903. The van der Waals surface area contributed by atoms with Gasteiger partial charge >= 0.3 is 0 Å². The third kappa shape index (κ3) is 2.13. The molecular weight excluding hydrogens is 114 g/mol. The van der Waals surface area contributed by atoms with E-state index < -0.39 is 0 Å². The fraction of sp³-hybridized carbons (Fsp3) is 0.286. The van der Waals surface area contributed by atoms with Crippen molar-refractivity contribution in [2.45, 2.75) is 6.92 Å². The second-order valence-corrected chi connectivity index (χ2v) is 1.53. The maximum absolute atomic E-state index is 10.7. The number of carbonyl (C=O) groups is 1. The molecule has 0 fully saturated rings. The lowest BCUT2D eigenvalue weighted by atomic mass is 10.2. The molecule has 2 nitrogen and oxygen atoms in total. The Bertz CT molecular complexity index is 147. The van der Waals surface area contributed by atoms with E-state index in [1.54, 1.807) is 20.0 Å². The Morgan fingerprint density at radius 3 is 2.33 bits per heavy atom. The summed E-state index contributed by atoms with van der Waals surface area (Å²) in [7, 11) is 1.59. The topological polar surface area (TPSA) is 29.1 Å². The van der Waals surface area contributed by atoms with Crippen molar-refractivity contribution in [3.63, 3.8) is 0 Å². The highest BCUT2D eigenvalue weighted by molar-refractivity contribution is 5.95. The lowest BCUT2D eigenvalue weighted by Gasteiger charge is -1.95. The maximum atomic E-state index is 10.7. The smallest absolute Gasteiger partial charge is 0.250 e. The van der Waals surface area contributed by atoms with Gasteiger partial charge in [-0.05, 0) is 6.92 Å². The molecule has 1 N–H and O–H groups in total. The van der Waals surface area contributed by atoms with Crippen molar-refractivity contribution in [3.05, 3.63) is 24.3 Å². The van der Waals surface area contributed by atoms with Crippen molar-refractivity contribution in [2.24, 2.45) is 0 Å². The molecule has 0 spiro atoms. The summed E-state index contributed by atoms with van der Waals surface area (Å²) >= 11 is 0. The van der Waals surface area contributed by atoms with Crippen molar-refractivity contribution in [1.82, 2.24) is 5.32 Å². The van der Waals surface area contributed by atoms with Crippen LogP contribution < -0.4 is 5.32 Å². The third-order valence-corrected chi connectivity index (χ3v) is 1.02. The van der Waals surface area contributed by atoms with Gasteiger partial charge in [0, 0.05) is 12.6 Å². The minimum Gasteiger partial charge on any atom is -0.355 e. The first-order valence-corrected chi connectivity index (χ1v) is 2.77. The predicted molar refractivity (Wildman–Crippen MR) is 38.0 cm³/mol. The highest BCUT2D eigenvalue weighted by atomic mass is 16.1. The molecule has 0 saturated heterocycles. The van der Waals surface area contributed by atoms with Crippen molar-refractivity contribution < 1.29 is 4.79 Å². The summed E-state index contributed by atoms with van der Waals surface area (Å²) in [6, 6.07) is 0. The molecule has 0 saturated carbocycles. The van der Waals surface area contributed by atoms with E-state index in [4.69, 9.17) is 0 Å². The number of nitrogens with one attached hydrogen (secondary N) is 1. The van der Waals surface area contributed by atoms with Crippen LogP contribution in [0.1, 0.15) is 6.92 Å².